The number of hydrogen-bond acceptors (Lipinski definition) is 6. The Morgan fingerprint density at radius 2 is 1.75 bits per heavy atom. The summed E-state index contributed by atoms with van der Waals surface area (Å²) in [5.74, 6) is 0.399. The number of ether oxygens (including phenoxy) is 1. The third kappa shape index (κ3) is 6.15. The number of nitrogens with zero attached hydrogens (tertiary/aromatic N) is 1. The van der Waals surface area contributed by atoms with Gasteiger partial charge in [0.1, 0.15) is 5.69 Å². The Morgan fingerprint density at radius 1 is 1.03 bits per heavy atom. The summed E-state index contributed by atoms with van der Waals surface area (Å²) in [6.45, 7) is 0. The van der Waals surface area contributed by atoms with E-state index in [0.29, 0.717) is 17.9 Å². The van der Waals surface area contributed by atoms with Crippen LogP contribution in [0.3, 0.4) is 0 Å². The van der Waals surface area contributed by atoms with Crippen LogP contribution in [0.1, 0.15) is 37.9 Å². The van der Waals surface area contributed by atoms with Crippen LogP contribution in [0.4, 0.5) is 0 Å². The highest BCUT2D eigenvalue weighted by molar-refractivity contribution is 7.89. The number of rotatable bonds is 10. The zero-order valence-corrected chi connectivity index (χ0v) is 18.7. The fourth-order valence-corrected chi connectivity index (χ4v) is 3.82. The molecule has 0 bridgehead atoms. The number of primary sulfonamides is 1. The largest absolute Gasteiger partial charge is 0.469 e. The van der Waals surface area contributed by atoms with Gasteiger partial charge in [0.2, 0.25) is 10.0 Å². The third-order valence-corrected chi connectivity index (χ3v) is 5.92. The highest BCUT2D eigenvalue weighted by atomic mass is 32.2. The minimum absolute atomic E-state index is 0.0445. The number of unbranched alkanes of at least 4 members (excludes halogenated alkanes) is 3. The van der Waals surface area contributed by atoms with E-state index < -0.39 is 10.0 Å². The molecule has 2 N–H and O–H groups in total. The number of esters is 1. The van der Waals surface area contributed by atoms with Gasteiger partial charge in [0.25, 0.3) is 0 Å². The van der Waals surface area contributed by atoms with Crippen LogP contribution >= 0.6 is 0 Å². The molecule has 0 atom stereocenters. The number of aromatic nitrogens is 1. The first-order valence-corrected chi connectivity index (χ1v) is 11.9. The Balaban J connectivity index is 1.81. The number of sulfonamides is 1. The van der Waals surface area contributed by atoms with Gasteiger partial charge in [-0.2, -0.15) is 0 Å². The van der Waals surface area contributed by atoms with Gasteiger partial charge in [0.15, 0.2) is 5.76 Å². The highest BCUT2D eigenvalue weighted by Crippen LogP contribution is 2.35. The van der Waals surface area contributed by atoms with E-state index in [1.807, 2.05) is 42.5 Å². The molecule has 32 heavy (non-hydrogen) atoms. The van der Waals surface area contributed by atoms with E-state index >= 15 is 0 Å². The standard InChI is InChI=1S/C24H26N2O5S/c1-30-22(27)13-9-4-2-3-8-12-21-23(18-14-16-20(17-15-18)32(25,28)29)24(26-31-21)19-10-6-5-7-11-19/h5-8,10-12,14-17H,2-4,9,13H2,1H3,(H2,25,28,29)/b12-8+. The van der Waals surface area contributed by atoms with Gasteiger partial charge in [0, 0.05) is 12.0 Å². The second-order valence-electron chi connectivity index (χ2n) is 7.28. The van der Waals surface area contributed by atoms with E-state index in [-0.39, 0.29) is 10.9 Å². The number of hydrogen-bond donors (Lipinski definition) is 1. The van der Waals surface area contributed by atoms with Crippen molar-refractivity contribution in [2.45, 2.75) is 37.0 Å². The maximum absolute atomic E-state index is 11.6. The summed E-state index contributed by atoms with van der Waals surface area (Å²) in [6, 6.07) is 16.0. The van der Waals surface area contributed by atoms with Crippen LogP contribution < -0.4 is 5.14 Å². The van der Waals surface area contributed by atoms with Crippen molar-refractivity contribution in [3.63, 3.8) is 0 Å². The fraction of sp³-hybridized carbons (Fsp3) is 0.250. The van der Waals surface area contributed by atoms with E-state index in [1.54, 1.807) is 12.1 Å². The summed E-state index contributed by atoms with van der Waals surface area (Å²) in [6.07, 6.45) is 7.80. The van der Waals surface area contributed by atoms with Crippen LogP contribution in [0.25, 0.3) is 28.5 Å². The highest BCUT2D eigenvalue weighted by Gasteiger charge is 2.18. The molecule has 0 aliphatic rings. The van der Waals surface area contributed by atoms with Crippen molar-refractivity contribution in [2.75, 3.05) is 7.11 Å². The molecule has 1 heterocycles. The fourth-order valence-electron chi connectivity index (χ4n) is 3.30. The van der Waals surface area contributed by atoms with Crippen LogP contribution in [0.5, 0.6) is 0 Å². The van der Waals surface area contributed by atoms with Crippen LogP contribution in [0.15, 0.2) is 70.1 Å². The smallest absolute Gasteiger partial charge is 0.305 e. The predicted molar refractivity (Wildman–Crippen MR) is 123 cm³/mol. The monoisotopic (exact) mass is 454 g/mol. The van der Waals surface area contributed by atoms with Gasteiger partial charge in [-0.3, -0.25) is 4.79 Å². The lowest BCUT2D eigenvalue weighted by Crippen LogP contribution is -2.11. The summed E-state index contributed by atoms with van der Waals surface area (Å²) < 4.78 is 33.5. The summed E-state index contributed by atoms with van der Waals surface area (Å²) in [5.41, 5.74) is 3.12. The Bertz CT molecular complexity index is 1170. The number of carbonyl (C=O) groups excluding carboxylic acids is 1. The van der Waals surface area contributed by atoms with E-state index in [1.165, 1.54) is 19.2 Å². The van der Waals surface area contributed by atoms with Gasteiger partial charge < -0.3 is 9.26 Å². The molecule has 0 saturated heterocycles. The van der Waals surface area contributed by atoms with Crippen LogP contribution in [-0.2, 0) is 19.6 Å². The van der Waals surface area contributed by atoms with Crippen molar-refractivity contribution in [1.82, 2.24) is 5.16 Å². The molecule has 1 aromatic heterocycles. The zero-order valence-electron chi connectivity index (χ0n) is 17.9. The Labute approximate surface area is 187 Å². The van der Waals surface area contributed by atoms with Gasteiger partial charge >= 0.3 is 5.97 Å². The summed E-state index contributed by atoms with van der Waals surface area (Å²) >= 11 is 0. The van der Waals surface area contributed by atoms with Crippen LogP contribution in [-0.4, -0.2) is 26.7 Å². The maximum atomic E-state index is 11.6. The first kappa shape index (κ1) is 23.4. The minimum Gasteiger partial charge on any atom is -0.469 e. The topological polar surface area (TPSA) is 112 Å². The molecule has 0 saturated carbocycles. The van der Waals surface area contributed by atoms with Gasteiger partial charge in [-0.15, -0.1) is 0 Å². The molecule has 0 unspecified atom stereocenters. The number of methoxy groups -OCH3 is 1. The van der Waals surface area contributed by atoms with Crippen molar-refractivity contribution < 1.29 is 22.5 Å². The molecule has 0 spiro atoms. The van der Waals surface area contributed by atoms with Gasteiger partial charge in [0.05, 0.1) is 17.6 Å². The maximum Gasteiger partial charge on any atom is 0.305 e. The summed E-state index contributed by atoms with van der Waals surface area (Å²) in [7, 11) is -2.38. The minimum atomic E-state index is -3.78. The van der Waals surface area contributed by atoms with Gasteiger partial charge in [-0.1, -0.05) is 60.1 Å². The van der Waals surface area contributed by atoms with Gasteiger partial charge in [-0.25, -0.2) is 13.6 Å². The van der Waals surface area contributed by atoms with E-state index in [4.69, 9.17) is 9.66 Å². The Morgan fingerprint density at radius 3 is 2.41 bits per heavy atom. The normalized spacial score (nSPS) is 11.7. The number of carbonyl (C=O) groups is 1. The van der Waals surface area contributed by atoms with Crippen molar-refractivity contribution in [2.24, 2.45) is 5.14 Å². The second kappa shape index (κ2) is 10.9. The number of allylic oxidation sites excluding steroid dienone is 1. The van der Waals surface area contributed by atoms with Crippen molar-refractivity contribution in [1.29, 1.82) is 0 Å². The quantitative estimate of drug-likeness (QED) is 0.348. The molecule has 0 amide bonds. The molecule has 0 aliphatic carbocycles. The van der Waals surface area contributed by atoms with E-state index in [9.17, 15) is 13.2 Å². The average Bonchev–Trinajstić information content (AvgIpc) is 3.22. The number of benzene rings is 2. The lowest BCUT2D eigenvalue weighted by molar-refractivity contribution is -0.140. The SMILES string of the molecule is COC(=O)CCCCC/C=C/c1onc(-c2ccccc2)c1-c1ccc(S(N)(=O)=O)cc1. The summed E-state index contributed by atoms with van der Waals surface area (Å²) in [4.78, 5) is 11.2. The summed E-state index contributed by atoms with van der Waals surface area (Å²) in [5, 5.41) is 9.49. The van der Waals surface area contributed by atoms with Crippen LogP contribution in [0.2, 0.25) is 0 Å². The average molecular weight is 455 g/mol. The first-order chi connectivity index (χ1) is 15.4. The Hall–Kier alpha value is -3.23. The molecular weight excluding hydrogens is 428 g/mol. The number of nitrogens with two attached hydrogens (primary N) is 1. The van der Waals surface area contributed by atoms with E-state index in [0.717, 1.165) is 42.4 Å². The lowest BCUT2D eigenvalue weighted by Gasteiger charge is -2.05. The lowest BCUT2D eigenvalue weighted by atomic mass is 9.99. The van der Waals surface area contributed by atoms with Crippen molar-refractivity contribution >= 4 is 22.1 Å². The molecule has 8 heteroatoms. The molecule has 0 radical (unpaired) electrons. The molecular formula is C24H26N2O5S. The predicted octanol–water partition coefficient (Wildman–Crippen LogP) is 4.79. The molecule has 0 aliphatic heterocycles. The van der Waals surface area contributed by atoms with Gasteiger partial charge in [-0.05, 0) is 43.0 Å². The van der Waals surface area contributed by atoms with Crippen LogP contribution in [0, 0.1) is 0 Å². The molecule has 2 aromatic carbocycles. The second-order valence-corrected chi connectivity index (χ2v) is 8.85. The molecule has 0 fully saturated rings. The molecule has 168 valence electrons. The third-order valence-electron chi connectivity index (χ3n) is 4.99. The Kier molecular flexibility index (Phi) is 7.97. The van der Waals surface area contributed by atoms with Crippen molar-refractivity contribution in [3.05, 3.63) is 66.4 Å². The molecule has 3 rings (SSSR count). The molecule has 3 aromatic rings. The van der Waals surface area contributed by atoms with E-state index in [2.05, 4.69) is 9.89 Å². The molecule has 7 nitrogen and oxygen atoms in total. The zero-order chi connectivity index (χ0) is 23.0. The first-order valence-electron chi connectivity index (χ1n) is 10.3. The van der Waals surface area contributed by atoms with Crippen molar-refractivity contribution in [3.8, 4) is 22.4 Å².